The van der Waals surface area contributed by atoms with E-state index in [1.54, 1.807) is 11.3 Å². The minimum atomic E-state index is -0.641. The molecule has 2 rings (SSSR count). The van der Waals surface area contributed by atoms with Gasteiger partial charge in [0.25, 0.3) is 0 Å². The minimum absolute atomic E-state index is 0.145. The van der Waals surface area contributed by atoms with E-state index in [1.165, 1.54) is 4.88 Å². The van der Waals surface area contributed by atoms with E-state index in [0.717, 1.165) is 36.1 Å². The highest BCUT2D eigenvalue weighted by atomic mass is 32.1. The molecule has 0 unspecified atom stereocenters. The number of unbranched alkanes of at least 4 members (excludes halogenated alkanes) is 2. The Morgan fingerprint density at radius 2 is 1.70 bits per heavy atom. The van der Waals surface area contributed by atoms with E-state index < -0.39 is 11.6 Å². The molecule has 0 bridgehead atoms. The van der Waals surface area contributed by atoms with Gasteiger partial charge in [0.1, 0.15) is 18.2 Å². The molecule has 0 radical (unpaired) electrons. The number of nitrogens with two attached hydrogens (primary N) is 1. The van der Waals surface area contributed by atoms with Gasteiger partial charge >= 0.3 is 11.9 Å². The lowest BCUT2D eigenvalue weighted by atomic mass is 10.1. The fourth-order valence-electron chi connectivity index (χ4n) is 2.90. The quantitative estimate of drug-likeness (QED) is 0.408. The van der Waals surface area contributed by atoms with Gasteiger partial charge in [-0.15, -0.1) is 11.3 Å². The average Bonchev–Trinajstić information content (AvgIpc) is 3.12. The molecule has 2 N–H and O–H groups in total. The molecular weight excluding hydrogens is 398 g/mol. The largest absolute Gasteiger partial charge is 0.461 e. The summed E-state index contributed by atoms with van der Waals surface area (Å²) in [4.78, 5) is 26.2. The van der Waals surface area contributed by atoms with Gasteiger partial charge < -0.3 is 15.2 Å². The van der Waals surface area contributed by atoms with Crippen molar-refractivity contribution in [2.45, 2.75) is 77.5 Å². The summed E-state index contributed by atoms with van der Waals surface area (Å²) in [5.41, 5.74) is 6.46. The lowest BCUT2D eigenvalue weighted by Crippen LogP contribution is -2.38. The van der Waals surface area contributed by atoms with Gasteiger partial charge in [0.15, 0.2) is 0 Å². The number of thiophene rings is 1. The second-order valence-electron chi connectivity index (χ2n) is 8.42. The van der Waals surface area contributed by atoms with Crippen LogP contribution in [0, 0.1) is 0 Å². The molecular formula is C24H33NO4S. The average molecular weight is 432 g/mol. The third kappa shape index (κ3) is 9.55. The molecule has 30 heavy (non-hydrogen) atoms. The predicted octanol–water partition coefficient (Wildman–Crippen LogP) is 4.81. The lowest BCUT2D eigenvalue weighted by molar-refractivity contribution is -0.156. The second-order valence-corrected chi connectivity index (χ2v) is 9.67. The van der Waals surface area contributed by atoms with E-state index in [2.05, 4.69) is 6.07 Å². The molecule has 164 valence electrons. The summed E-state index contributed by atoms with van der Waals surface area (Å²) in [6.07, 6.45) is 4.73. The summed E-state index contributed by atoms with van der Waals surface area (Å²) in [6, 6.07) is 13.2. The van der Waals surface area contributed by atoms with Gasteiger partial charge in [0.2, 0.25) is 0 Å². The van der Waals surface area contributed by atoms with Crippen LogP contribution < -0.4 is 5.73 Å². The molecule has 1 aromatic carbocycles. The molecule has 6 heteroatoms. The maximum atomic E-state index is 12.0. The zero-order valence-corrected chi connectivity index (χ0v) is 19.0. The van der Waals surface area contributed by atoms with Crippen molar-refractivity contribution in [1.82, 2.24) is 0 Å². The topological polar surface area (TPSA) is 78.6 Å². The first-order valence-electron chi connectivity index (χ1n) is 10.5. The molecule has 0 aliphatic rings. The Morgan fingerprint density at radius 3 is 2.40 bits per heavy atom. The van der Waals surface area contributed by atoms with Crippen LogP contribution in [0.1, 0.15) is 61.8 Å². The molecule has 5 nitrogen and oxygen atoms in total. The highest BCUT2D eigenvalue weighted by molar-refractivity contribution is 7.12. The molecule has 0 fully saturated rings. The molecule has 1 atom stereocenters. The summed E-state index contributed by atoms with van der Waals surface area (Å²) < 4.78 is 10.6. The van der Waals surface area contributed by atoms with Crippen LogP contribution in [0.15, 0.2) is 42.5 Å². The Morgan fingerprint density at radius 1 is 1.00 bits per heavy atom. The number of ether oxygens (including phenoxy) is 2. The summed E-state index contributed by atoms with van der Waals surface area (Å²) in [6.45, 7) is 5.85. The fraction of sp³-hybridized carbons (Fsp3) is 0.500. The van der Waals surface area contributed by atoms with Gasteiger partial charge in [-0.3, -0.25) is 9.59 Å². The van der Waals surface area contributed by atoms with E-state index in [0.29, 0.717) is 19.4 Å². The number of hydrogen-bond acceptors (Lipinski definition) is 6. The van der Waals surface area contributed by atoms with Crippen molar-refractivity contribution in [3.05, 3.63) is 57.8 Å². The molecule has 1 heterocycles. The van der Waals surface area contributed by atoms with Crippen molar-refractivity contribution in [3.63, 3.8) is 0 Å². The monoisotopic (exact) mass is 431 g/mol. The smallest absolute Gasteiger partial charge is 0.323 e. The van der Waals surface area contributed by atoms with Gasteiger partial charge in [0.05, 0.1) is 0 Å². The third-order valence-corrected chi connectivity index (χ3v) is 5.56. The summed E-state index contributed by atoms with van der Waals surface area (Å²) in [5, 5.41) is 0. The SMILES string of the molecule is CC(C)(C)OC(=O)[C@@H](N)Cc1ccc(CCCCCC(=O)OCc2ccccc2)s1. The van der Waals surface area contributed by atoms with E-state index >= 15 is 0 Å². The number of hydrogen-bond donors (Lipinski definition) is 1. The van der Waals surface area contributed by atoms with Crippen LogP contribution in [0.3, 0.4) is 0 Å². The van der Waals surface area contributed by atoms with Crippen LogP contribution in [0.2, 0.25) is 0 Å². The first-order valence-corrected chi connectivity index (χ1v) is 11.3. The van der Waals surface area contributed by atoms with Gasteiger partial charge in [-0.05, 0) is 57.7 Å². The zero-order chi connectivity index (χ0) is 22.0. The van der Waals surface area contributed by atoms with Gasteiger partial charge in [-0.25, -0.2) is 0 Å². The van der Waals surface area contributed by atoms with Crippen molar-refractivity contribution in [2.75, 3.05) is 0 Å². The molecule has 0 saturated heterocycles. The summed E-state index contributed by atoms with van der Waals surface area (Å²) in [5.74, 6) is -0.509. The molecule has 0 amide bonds. The molecule has 2 aromatic rings. The fourth-order valence-corrected chi connectivity index (χ4v) is 4.02. The van der Waals surface area contributed by atoms with Crippen molar-refractivity contribution in [1.29, 1.82) is 0 Å². The summed E-state index contributed by atoms with van der Waals surface area (Å²) in [7, 11) is 0. The first kappa shape index (κ1) is 24.1. The number of carbonyl (C=O) groups is 2. The highest BCUT2D eigenvalue weighted by Gasteiger charge is 2.22. The Labute approximate surface area is 183 Å². The Kier molecular flexibility index (Phi) is 9.53. The number of esters is 2. The number of rotatable bonds is 11. The first-order chi connectivity index (χ1) is 14.2. The van der Waals surface area contributed by atoms with Crippen molar-refractivity contribution < 1.29 is 19.1 Å². The molecule has 0 saturated carbocycles. The number of aryl methyl sites for hydroxylation is 1. The van der Waals surface area contributed by atoms with E-state index in [4.69, 9.17) is 15.2 Å². The maximum Gasteiger partial charge on any atom is 0.323 e. The van der Waals surface area contributed by atoms with Gasteiger partial charge in [-0.2, -0.15) is 0 Å². The maximum absolute atomic E-state index is 12.0. The minimum Gasteiger partial charge on any atom is -0.461 e. The summed E-state index contributed by atoms with van der Waals surface area (Å²) >= 11 is 1.69. The third-order valence-electron chi connectivity index (χ3n) is 4.39. The number of benzene rings is 1. The lowest BCUT2D eigenvalue weighted by Gasteiger charge is -2.21. The predicted molar refractivity (Wildman–Crippen MR) is 120 cm³/mol. The van der Waals surface area contributed by atoms with E-state index in [9.17, 15) is 9.59 Å². The van der Waals surface area contributed by atoms with Crippen molar-refractivity contribution in [2.24, 2.45) is 5.73 Å². The van der Waals surface area contributed by atoms with Crippen LogP contribution in [-0.2, 0) is 38.5 Å². The standard InChI is InChI=1S/C24H33NO4S/c1-24(2,3)29-23(27)21(25)16-20-15-14-19(30-20)12-8-5-9-13-22(26)28-17-18-10-6-4-7-11-18/h4,6-7,10-11,14-15,21H,5,8-9,12-13,16-17,25H2,1-3H3/t21-/m0/s1. The van der Waals surface area contributed by atoms with Crippen LogP contribution in [-0.4, -0.2) is 23.6 Å². The van der Waals surface area contributed by atoms with Crippen LogP contribution in [0.25, 0.3) is 0 Å². The van der Waals surface area contributed by atoms with Crippen LogP contribution >= 0.6 is 11.3 Å². The molecule has 1 aromatic heterocycles. The van der Waals surface area contributed by atoms with Crippen LogP contribution in [0.4, 0.5) is 0 Å². The Balaban J connectivity index is 1.60. The number of carbonyl (C=O) groups excluding carboxylic acids is 2. The van der Waals surface area contributed by atoms with Gasteiger partial charge in [-0.1, -0.05) is 36.8 Å². The highest BCUT2D eigenvalue weighted by Crippen LogP contribution is 2.21. The molecule has 0 spiro atoms. The van der Waals surface area contributed by atoms with Gasteiger partial charge in [0, 0.05) is 22.6 Å². The van der Waals surface area contributed by atoms with Crippen molar-refractivity contribution >= 4 is 23.3 Å². The van der Waals surface area contributed by atoms with Crippen molar-refractivity contribution in [3.8, 4) is 0 Å². The Hall–Kier alpha value is -2.18. The van der Waals surface area contributed by atoms with E-state index in [-0.39, 0.29) is 11.9 Å². The van der Waals surface area contributed by atoms with Crippen LogP contribution in [0.5, 0.6) is 0 Å². The Bertz CT molecular complexity index is 795. The molecule has 0 aliphatic carbocycles. The second kappa shape index (κ2) is 11.9. The zero-order valence-electron chi connectivity index (χ0n) is 18.2. The van der Waals surface area contributed by atoms with E-state index in [1.807, 2.05) is 57.2 Å². The molecule has 0 aliphatic heterocycles. The normalized spacial score (nSPS) is 12.4.